The normalized spacial score (nSPS) is 17.2. The van der Waals surface area contributed by atoms with Crippen molar-refractivity contribution in [2.24, 2.45) is 0 Å². The molecule has 2 rings (SSSR count). The summed E-state index contributed by atoms with van der Waals surface area (Å²) in [7, 11) is 0. The fourth-order valence-corrected chi connectivity index (χ4v) is 1.34. The number of nitrogens with zero attached hydrogens (tertiary/aromatic N) is 1. The Kier molecular flexibility index (Phi) is 3.11. The van der Waals surface area contributed by atoms with Crippen molar-refractivity contribution in [1.29, 1.82) is 0 Å². The molecule has 0 spiro atoms. The summed E-state index contributed by atoms with van der Waals surface area (Å²) in [6.07, 6.45) is 2.93. The molecule has 0 saturated heterocycles. The molecule has 0 aromatic carbocycles. The largest absolute Gasteiger partial charge is 1.00 e. The minimum absolute atomic E-state index is 0. The Hall–Kier alpha value is -0.380. The second kappa shape index (κ2) is 3.78. The van der Waals surface area contributed by atoms with Gasteiger partial charge in [0.05, 0.1) is 17.1 Å². The number of carboxylic acid groups (broad SMARTS) is 1. The summed E-state index contributed by atoms with van der Waals surface area (Å²) in [6.45, 7) is 0. The number of aromatic nitrogens is 1. The molecule has 0 radical (unpaired) electrons. The molecular formula is C9H8NNaO2. The predicted molar refractivity (Wildman–Crippen MR) is 40.2 cm³/mol. The molecule has 1 aliphatic rings. The van der Waals surface area contributed by atoms with Crippen LogP contribution in [-0.4, -0.2) is 11.0 Å². The van der Waals surface area contributed by atoms with E-state index in [0.29, 0.717) is 18.5 Å². The molecule has 3 nitrogen and oxygen atoms in total. The van der Waals surface area contributed by atoms with Crippen molar-refractivity contribution < 1.29 is 39.5 Å². The van der Waals surface area contributed by atoms with Gasteiger partial charge >= 0.3 is 29.6 Å². The zero-order valence-electron chi connectivity index (χ0n) is 7.49. The van der Waals surface area contributed by atoms with E-state index in [4.69, 9.17) is 0 Å². The van der Waals surface area contributed by atoms with Gasteiger partial charge in [-0.1, -0.05) is 6.07 Å². The second-order valence-corrected chi connectivity index (χ2v) is 3.08. The van der Waals surface area contributed by atoms with Crippen molar-refractivity contribution in [3.05, 3.63) is 30.1 Å². The predicted octanol–water partition coefficient (Wildman–Crippen LogP) is -3.13. The van der Waals surface area contributed by atoms with E-state index in [0.717, 1.165) is 0 Å². The van der Waals surface area contributed by atoms with Gasteiger partial charge in [-0.05, 0) is 25.0 Å². The number of hydrogen-bond donors (Lipinski definition) is 0. The number of hydrogen-bond acceptors (Lipinski definition) is 3. The first kappa shape index (κ1) is 10.7. The summed E-state index contributed by atoms with van der Waals surface area (Å²) in [5.41, 5.74) is -0.133. The van der Waals surface area contributed by atoms with Crippen LogP contribution in [0.4, 0.5) is 0 Å². The third-order valence-corrected chi connectivity index (χ3v) is 2.30. The van der Waals surface area contributed by atoms with Crippen molar-refractivity contribution in [1.82, 2.24) is 4.98 Å². The van der Waals surface area contributed by atoms with Gasteiger partial charge in [0.25, 0.3) is 0 Å². The van der Waals surface area contributed by atoms with Crippen LogP contribution in [0.3, 0.4) is 0 Å². The van der Waals surface area contributed by atoms with Gasteiger partial charge in [0.2, 0.25) is 0 Å². The molecule has 0 amide bonds. The zero-order chi connectivity index (χ0) is 8.60. The Morgan fingerprint density at radius 2 is 2.15 bits per heavy atom. The van der Waals surface area contributed by atoms with Gasteiger partial charge in [-0.25, -0.2) is 0 Å². The van der Waals surface area contributed by atoms with E-state index in [1.807, 2.05) is 0 Å². The first-order valence-corrected chi connectivity index (χ1v) is 3.89. The second-order valence-electron chi connectivity index (χ2n) is 3.08. The maximum absolute atomic E-state index is 10.7. The average Bonchev–Trinajstić information content (AvgIpc) is 2.86. The third-order valence-electron chi connectivity index (χ3n) is 2.30. The van der Waals surface area contributed by atoms with Crippen LogP contribution in [0.2, 0.25) is 0 Å². The Morgan fingerprint density at radius 3 is 2.54 bits per heavy atom. The first-order valence-electron chi connectivity index (χ1n) is 3.89. The van der Waals surface area contributed by atoms with Gasteiger partial charge in [0, 0.05) is 6.20 Å². The van der Waals surface area contributed by atoms with Gasteiger partial charge < -0.3 is 9.90 Å². The van der Waals surface area contributed by atoms with Crippen molar-refractivity contribution >= 4 is 5.97 Å². The van der Waals surface area contributed by atoms with E-state index < -0.39 is 11.4 Å². The SMILES string of the molecule is O=C([O-])C1(c2ccccn2)CC1.[Na+]. The Balaban J connectivity index is 0.000000845. The van der Waals surface area contributed by atoms with Crippen LogP contribution < -0.4 is 34.7 Å². The molecule has 1 fully saturated rings. The molecule has 0 aliphatic heterocycles. The molecular weight excluding hydrogens is 177 g/mol. The van der Waals surface area contributed by atoms with Crippen LogP contribution in [-0.2, 0) is 10.2 Å². The van der Waals surface area contributed by atoms with E-state index in [-0.39, 0.29) is 29.6 Å². The van der Waals surface area contributed by atoms with Gasteiger partial charge in [-0.2, -0.15) is 0 Å². The number of pyridine rings is 1. The van der Waals surface area contributed by atoms with Crippen LogP contribution in [0, 0.1) is 0 Å². The van der Waals surface area contributed by atoms with E-state index in [2.05, 4.69) is 4.98 Å². The maximum Gasteiger partial charge on any atom is 1.00 e. The van der Waals surface area contributed by atoms with E-state index >= 15 is 0 Å². The molecule has 62 valence electrons. The number of carbonyl (C=O) groups excluding carboxylic acids is 1. The quantitative estimate of drug-likeness (QED) is 0.458. The summed E-state index contributed by atoms with van der Waals surface area (Å²) < 4.78 is 0. The summed E-state index contributed by atoms with van der Waals surface area (Å²) in [4.78, 5) is 14.7. The van der Waals surface area contributed by atoms with Crippen LogP contribution >= 0.6 is 0 Å². The fourth-order valence-electron chi connectivity index (χ4n) is 1.34. The summed E-state index contributed by atoms with van der Waals surface area (Å²) in [5, 5.41) is 10.7. The fraction of sp³-hybridized carbons (Fsp3) is 0.333. The molecule has 1 aromatic rings. The summed E-state index contributed by atoms with van der Waals surface area (Å²) >= 11 is 0. The minimum atomic E-state index is -0.999. The maximum atomic E-state index is 10.7. The number of aliphatic carboxylic acids is 1. The van der Waals surface area contributed by atoms with Crippen LogP contribution in [0.1, 0.15) is 18.5 Å². The molecule has 1 saturated carbocycles. The minimum Gasteiger partial charge on any atom is -0.549 e. The number of rotatable bonds is 2. The topological polar surface area (TPSA) is 53.0 Å². The number of carbonyl (C=O) groups is 1. The summed E-state index contributed by atoms with van der Waals surface area (Å²) in [5.74, 6) is -0.999. The third kappa shape index (κ3) is 1.77. The monoisotopic (exact) mass is 185 g/mol. The average molecular weight is 185 g/mol. The number of carboxylic acids is 1. The smallest absolute Gasteiger partial charge is 0.549 e. The van der Waals surface area contributed by atoms with Crippen molar-refractivity contribution in [3.63, 3.8) is 0 Å². The van der Waals surface area contributed by atoms with E-state index in [1.54, 1.807) is 24.4 Å². The van der Waals surface area contributed by atoms with Gasteiger partial charge in [-0.15, -0.1) is 0 Å². The van der Waals surface area contributed by atoms with Gasteiger partial charge in [-0.3, -0.25) is 4.98 Å². The Labute approximate surface area is 98.5 Å². The molecule has 0 N–H and O–H groups in total. The van der Waals surface area contributed by atoms with Crippen molar-refractivity contribution in [3.8, 4) is 0 Å². The Morgan fingerprint density at radius 1 is 1.46 bits per heavy atom. The van der Waals surface area contributed by atoms with Crippen LogP contribution in [0.25, 0.3) is 0 Å². The van der Waals surface area contributed by atoms with Gasteiger partial charge in [0.1, 0.15) is 0 Å². The standard InChI is InChI=1S/C9H9NO2.Na/c11-8(12)9(4-5-9)7-3-1-2-6-10-7;/h1-3,6H,4-5H2,(H,11,12);/q;+1/p-1. The molecule has 0 bridgehead atoms. The van der Waals surface area contributed by atoms with Crippen LogP contribution in [0.15, 0.2) is 24.4 Å². The van der Waals surface area contributed by atoms with Crippen molar-refractivity contribution in [2.75, 3.05) is 0 Å². The molecule has 13 heavy (non-hydrogen) atoms. The first-order chi connectivity index (χ1) is 5.76. The summed E-state index contributed by atoms with van der Waals surface area (Å²) in [6, 6.07) is 5.31. The molecule has 1 aliphatic carbocycles. The molecule has 0 unspecified atom stereocenters. The van der Waals surface area contributed by atoms with E-state index in [1.165, 1.54) is 0 Å². The Bertz CT molecular complexity index is 309. The molecule has 1 heterocycles. The molecule has 4 heteroatoms. The molecule has 0 atom stereocenters. The van der Waals surface area contributed by atoms with Gasteiger partial charge in [0.15, 0.2) is 0 Å². The zero-order valence-corrected chi connectivity index (χ0v) is 9.49. The van der Waals surface area contributed by atoms with Crippen molar-refractivity contribution in [2.45, 2.75) is 18.3 Å². The van der Waals surface area contributed by atoms with E-state index in [9.17, 15) is 9.90 Å². The van der Waals surface area contributed by atoms with Crippen LogP contribution in [0.5, 0.6) is 0 Å². The molecule has 1 aromatic heterocycles.